The number of benzene rings is 3. The average Bonchev–Trinajstić information content (AvgIpc) is 3.28. The third kappa shape index (κ3) is 6.06. The summed E-state index contributed by atoms with van der Waals surface area (Å²) in [6.45, 7) is 6.34. The van der Waals surface area contributed by atoms with Crippen LogP contribution in [0.3, 0.4) is 0 Å². The number of hydrogen-bond acceptors (Lipinski definition) is 4. The minimum Gasteiger partial charge on any atom is -0.332 e. The Morgan fingerprint density at radius 3 is 2.31 bits per heavy atom. The summed E-state index contributed by atoms with van der Waals surface area (Å²) in [5.41, 5.74) is 0.988. The van der Waals surface area contributed by atoms with E-state index in [2.05, 4.69) is 6.58 Å². The number of fused-ring (bicyclic) bond motifs is 1. The Morgan fingerprint density at radius 2 is 1.63 bits per heavy atom. The van der Waals surface area contributed by atoms with Crippen LogP contribution in [0.2, 0.25) is 0 Å². The van der Waals surface area contributed by atoms with Gasteiger partial charge in [0, 0.05) is 22.8 Å². The quantitative estimate of drug-likeness (QED) is 0.264. The van der Waals surface area contributed by atoms with Crippen LogP contribution in [0.15, 0.2) is 102 Å². The predicted molar refractivity (Wildman–Crippen MR) is 143 cm³/mol. The third-order valence-electron chi connectivity index (χ3n) is 5.71. The zero-order chi connectivity index (χ0) is 24.8. The van der Waals surface area contributed by atoms with Crippen molar-refractivity contribution in [3.63, 3.8) is 0 Å². The summed E-state index contributed by atoms with van der Waals surface area (Å²) in [5, 5.41) is 1.79. The van der Waals surface area contributed by atoms with E-state index in [-0.39, 0.29) is 23.9 Å². The second-order valence-corrected chi connectivity index (χ2v) is 11.7. The van der Waals surface area contributed by atoms with Gasteiger partial charge in [-0.25, -0.2) is 8.42 Å². The molecule has 0 aliphatic carbocycles. The first kappa shape index (κ1) is 24.9. The highest BCUT2D eigenvalue weighted by atomic mass is 32.2. The molecule has 7 heteroatoms. The number of aryl methyl sites for hydroxylation is 1. The van der Waals surface area contributed by atoms with Crippen LogP contribution < -0.4 is 0 Å². The van der Waals surface area contributed by atoms with E-state index in [1.807, 2.05) is 73.7 Å². The molecule has 0 bridgehead atoms. The van der Waals surface area contributed by atoms with Crippen LogP contribution in [0.4, 0.5) is 0 Å². The molecule has 1 amide bonds. The number of sulfonamides is 1. The molecule has 1 aromatic heterocycles. The molecule has 0 aliphatic rings. The molecule has 0 aliphatic heterocycles. The van der Waals surface area contributed by atoms with Crippen LogP contribution in [0.25, 0.3) is 10.8 Å². The molecule has 3 aromatic carbocycles. The van der Waals surface area contributed by atoms with Crippen molar-refractivity contribution in [2.75, 3.05) is 13.1 Å². The highest BCUT2D eigenvalue weighted by molar-refractivity contribution is 7.89. The molecule has 0 fully saturated rings. The summed E-state index contributed by atoms with van der Waals surface area (Å²) in [4.78, 5) is 17.6. The van der Waals surface area contributed by atoms with Crippen LogP contribution in [0, 0.1) is 6.92 Å². The van der Waals surface area contributed by atoms with Crippen molar-refractivity contribution in [2.24, 2.45) is 0 Å². The minimum atomic E-state index is -3.91. The van der Waals surface area contributed by atoms with Gasteiger partial charge in [0.1, 0.15) is 0 Å². The second kappa shape index (κ2) is 11.0. The zero-order valence-electron chi connectivity index (χ0n) is 19.6. The average molecular weight is 505 g/mol. The zero-order valence-corrected chi connectivity index (χ0v) is 21.3. The van der Waals surface area contributed by atoms with Crippen molar-refractivity contribution in [3.05, 3.63) is 113 Å². The van der Waals surface area contributed by atoms with Crippen LogP contribution in [0.5, 0.6) is 0 Å². The van der Waals surface area contributed by atoms with Crippen LogP contribution in [0.1, 0.15) is 15.3 Å². The summed E-state index contributed by atoms with van der Waals surface area (Å²) in [5.74, 6) is -0.258. The van der Waals surface area contributed by atoms with Gasteiger partial charge in [-0.1, -0.05) is 66.7 Å². The van der Waals surface area contributed by atoms with Crippen LogP contribution in [-0.2, 0) is 27.9 Å². The fourth-order valence-corrected chi connectivity index (χ4v) is 6.22. The Balaban J connectivity index is 1.61. The smallest absolute Gasteiger partial charge is 0.243 e. The first-order valence-corrected chi connectivity index (χ1v) is 13.6. The molecule has 0 spiro atoms. The molecule has 4 aromatic rings. The Morgan fingerprint density at radius 1 is 0.914 bits per heavy atom. The molecule has 180 valence electrons. The topological polar surface area (TPSA) is 57.7 Å². The number of nitrogens with zero attached hydrogens (tertiary/aromatic N) is 2. The van der Waals surface area contributed by atoms with Gasteiger partial charge in [0.2, 0.25) is 15.9 Å². The fourth-order valence-electron chi connectivity index (χ4n) is 3.91. The number of carbonyl (C=O) groups excluding carboxylic acids is 1. The highest BCUT2D eigenvalue weighted by Crippen LogP contribution is 2.23. The van der Waals surface area contributed by atoms with Gasteiger partial charge in [-0.2, -0.15) is 4.31 Å². The van der Waals surface area contributed by atoms with Crippen molar-refractivity contribution in [1.82, 2.24) is 9.21 Å². The van der Waals surface area contributed by atoms with Crippen molar-refractivity contribution in [3.8, 4) is 0 Å². The molecule has 0 saturated carbocycles. The van der Waals surface area contributed by atoms with Crippen molar-refractivity contribution in [2.45, 2.75) is 24.9 Å². The molecule has 5 nitrogen and oxygen atoms in total. The monoisotopic (exact) mass is 504 g/mol. The lowest BCUT2D eigenvalue weighted by molar-refractivity contribution is -0.132. The van der Waals surface area contributed by atoms with Crippen molar-refractivity contribution >= 4 is 38.0 Å². The lowest BCUT2D eigenvalue weighted by atomic mass is 10.1. The number of rotatable bonds is 10. The lowest BCUT2D eigenvalue weighted by Gasteiger charge is -2.27. The maximum absolute atomic E-state index is 13.6. The van der Waals surface area contributed by atoms with Gasteiger partial charge >= 0.3 is 0 Å². The van der Waals surface area contributed by atoms with E-state index in [0.29, 0.717) is 13.1 Å². The molecule has 0 saturated heterocycles. The van der Waals surface area contributed by atoms with Crippen LogP contribution in [-0.4, -0.2) is 36.6 Å². The van der Waals surface area contributed by atoms with Crippen molar-refractivity contribution < 1.29 is 13.2 Å². The SMILES string of the molecule is C=CCN(CC(=O)N(Cc1ccccc1)Cc1ccc(C)s1)S(=O)(=O)c1ccc2ccccc2c1. The number of thiophene rings is 1. The maximum atomic E-state index is 13.6. The molecular weight excluding hydrogens is 476 g/mol. The fraction of sp³-hybridized carbons (Fsp3) is 0.179. The Hall–Kier alpha value is -3.26. The van der Waals surface area contributed by atoms with Gasteiger partial charge in [0.25, 0.3) is 0 Å². The Labute approximate surface area is 211 Å². The number of carbonyl (C=O) groups is 1. The third-order valence-corrected chi connectivity index (χ3v) is 8.51. The summed E-state index contributed by atoms with van der Waals surface area (Å²) in [7, 11) is -3.91. The first-order valence-electron chi connectivity index (χ1n) is 11.3. The summed E-state index contributed by atoms with van der Waals surface area (Å²) in [6, 6.07) is 26.4. The van der Waals surface area contributed by atoms with Gasteiger partial charge in [-0.15, -0.1) is 17.9 Å². The largest absolute Gasteiger partial charge is 0.332 e. The minimum absolute atomic E-state index is 0.0399. The molecule has 0 unspecified atom stereocenters. The molecule has 0 radical (unpaired) electrons. The van der Waals surface area contributed by atoms with E-state index in [1.54, 1.807) is 34.4 Å². The molecule has 0 atom stereocenters. The van der Waals surface area contributed by atoms with Gasteiger partial charge in [-0.05, 0) is 47.5 Å². The van der Waals surface area contributed by atoms with E-state index in [4.69, 9.17) is 0 Å². The normalized spacial score (nSPS) is 11.6. The molecule has 0 N–H and O–H groups in total. The van der Waals surface area contributed by atoms with Gasteiger partial charge in [0.05, 0.1) is 18.0 Å². The Kier molecular flexibility index (Phi) is 7.80. The molecule has 35 heavy (non-hydrogen) atoms. The predicted octanol–water partition coefficient (Wildman–Crippen LogP) is 5.62. The van der Waals surface area contributed by atoms with Crippen molar-refractivity contribution in [1.29, 1.82) is 0 Å². The number of amides is 1. The van der Waals surface area contributed by atoms with E-state index < -0.39 is 10.0 Å². The first-order chi connectivity index (χ1) is 16.9. The standard InChI is InChI=1S/C28H28N2O3S2/c1-3-17-30(35(32,33)27-16-14-24-11-7-8-12-25(24)18-27)21-28(31)29(19-23-9-5-4-6-10-23)20-26-15-13-22(2)34-26/h3-16,18H,1,17,19-21H2,2H3. The molecule has 1 heterocycles. The molecule has 4 rings (SSSR count). The van der Waals surface area contributed by atoms with E-state index in [1.165, 1.54) is 15.3 Å². The van der Waals surface area contributed by atoms with Gasteiger partial charge in [-0.3, -0.25) is 4.79 Å². The summed E-state index contributed by atoms with van der Waals surface area (Å²) >= 11 is 1.63. The van der Waals surface area contributed by atoms with Crippen LogP contribution >= 0.6 is 11.3 Å². The summed E-state index contributed by atoms with van der Waals surface area (Å²) < 4.78 is 28.3. The van der Waals surface area contributed by atoms with E-state index in [0.717, 1.165) is 21.2 Å². The van der Waals surface area contributed by atoms with Gasteiger partial charge in [0.15, 0.2) is 0 Å². The Bertz CT molecular complexity index is 1430. The maximum Gasteiger partial charge on any atom is 0.243 e. The highest BCUT2D eigenvalue weighted by Gasteiger charge is 2.28. The lowest BCUT2D eigenvalue weighted by Crippen LogP contribution is -2.42. The van der Waals surface area contributed by atoms with E-state index in [9.17, 15) is 13.2 Å². The van der Waals surface area contributed by atoms with Gasteiger partial charge < -0.3 is 4.90 Å². The second-order valence-electron chi connectivity index (χ2n) is 8.34. The number of hydrogen-bond donors (Lipinski definition) is 0. The van der Waals surface area contributed by atoms with E-state index >= 15 is 0 Å². The molecular formula is C28H28N2O3S2. The summed E-state index contributed by atoms with van der Waals surface area (Å²) in [6.07, 6.45) is 1.51.